The van der Waals surface area contributed by atoms with Crippen LogP contribution in [0, 0.1) is 5.92 Å². The van der Waals surface area contributed by atoms with Gasteiger partial charge < -0.3 is 5.32 Å². The molecule has 0 bridgehead atoms. The van der Waals surface area contributed by atoms with Crippen LogP contribution in [0.4, 0.5) is 5.69 Å². The van der Waals surface area contributed by atoms with E-state index in [1.54, 1.807) is 28.9 Å². The maximum atomic E-state index is 12.6. The molecular weight excluding hydrogens is 410 g/mol. The topological polar surface area (TPSA) is 89.8 Å². The number of carbonyl (C=O) groups is 2. The van der Waals surface area contributed by atoms with Crippen LogP contribution in [-0.2, 0) is 4.79 Å². The lowest BCUT2D eigenvalue weighted by atomic mass is 10.0. The summed E-state index contributed by atoms with van der Waals surface area (Å²) >= 11 is 1.29. The number of ketones is 1. The number of anilines is 1. The Kier molecular flexibility index (Phi) is 7.57. The molecule has 0 atom stereocenters. The van der Waals surface area contributed by atoms with Crippen LogP contribution in [0.2, 0.25) is 0 Å². The molecule has 0 unspecified atom stereocenters. The SMILES string of the molecule is CC(C)CC(=O)Nc1ccc(C(=O)CSc2nnnn2-c2ccc(C(C)C)cc2)cc1. The van der Waals surface area contributed by atoms with Crippen molar-refractivity contribution in [3.63, 3.8) is 0 Å². The molecule has 1 heterocycles. The molecule has 0 saturated heterocycles. The van der Waals surface area contributed by atoms with Gasteiger partial charge in [0.1, 0.15) is 0 Å². The van der Waals surface area contributed by atoms with Gasteiger partial charge >= 0.3 is 0 Å². The van der Waals surface area contributed by atoms with Gasteiger partial charge in [-0.25, -0.2) is 0 Å². The first kappa shape index (κ1) is 22.7. The quantitative estimate of drug-likeness (QED) is 0.384. The van der Waals surface area contributed by atoms with Crippen LogP contribution >= 0.6 is 11.8 Å². The highest BCUT2D eigenvalue weighted by Gasteiger charge is 2.14. The number of benzene rings is 2. The zero-order valence-electron chi connectivity index (χ0n) is 18.2. The highest BCUT2D eigenvalue weighted by molar-refractivity contribution is 7.99. The van der Waals surface area contributed by atoms with E-state index < -0.39 is 0 Å². The molecule has 3 aromatic rings. The minimum absolute atomic E-state index is 0.0297. The number of hydrogen-bond donors (Lipinski definition) is 1. The predicted octanol–water partition coefficient (Wildman–Crippen LogP) is 4.75. The van der Waals surface area contributed by atoms with Crippen molar-refractivity contribution < 1.29 is 9.59 Å². The smallest absolute Gasteiger partial charge is 0.224 e. The highest BCUT2D eigenvalue weighted by atomic mass is 32.2. The minimum atomic E-state index is -0.0326. The largest absolute Gasteiger partial charge is 0.326 e. The highest BCUT2D eigenvalue weighted by Crippen LogP contribution is 2.22. The maximum absolute atomic E-state index is 12.6. The molecule has 0 fully saturated rings. The third-order valence-corrected chi connectivity index (χ3v) is 5.58. The van der Waals surface area contributed by atoms with E-state index in [-0.39, 0.29) is 17.4 Å². The van der Waals surface area contributed by atoms with Gasteiger partial charge in [0.15, 0.2) is 5.78 Å². The van der Waals surface area contributed by atoms with Gasteiger partial charge in [-0.2, -0.15) is 4.68 Å². The van der Waals surface area contributed by atoms with Gasteiger partial charge in [-0.15, -0.1) is 5.10 Å². The number of nitrogens with zero attached hydrogens (tertiary/aromatic N) is 4. The fourth-order valence-corrected chi connectivity index (χ4v) is 3.75. The summed E-state index contributed by atoms with van der Waals surface area (Å²) in [6, 6.07) is 15.0. The lowest BCUT2D eigenvalue weighted by Gasteiger charge is -2.08. The van der Waals surface area contributed by atoms with Gasteiger partial charge in [-0.1, -0.05) is 51.6 Å². The third kappa shape index (κ3) is 6.24. The van der Waals surface area contributed by atoms with Crippen molar-refractivity contribution in [3.8, 4) is 5.69 Å². The van der Waals surface area contributed by atoms with Crippen LogP contribution in [0.1, 0.15) is 56.0 Å². The molecule has 2 aromatic carbocycles. The zero-order valence-corrected chi connectivity index (χ0v) is 19.0. The molecule has 0 spiro atoms. The second-order valence-electron chi connectivity index (χ2n) is 8.05. The summed E-state index contributed by atoms with van der Waals surface area (Å²) in [5.74, 6) is 0.892. The number of aromatic nitrogens is 4. The Hall–Kier alpha value is -3.00. The van der Waals surface area contributed by atoms with Crippen LogP contribution < -0.4 is 5.32 Å². The van der Waals surface area contributed by atoms with E-state index in [1.165, 1.54) is 17.3 Å². The van der Waals surface area contributed by atoms with E-state index in [1.807, 2.05) is 26.0 Å². The average Bonchev–Trinajstić information content (AvgIpc) is 3.20. The number of tetrazole rings is 1. The molecule has 31 heavy (non-hydrogen) atoms. The molecular formula is C23H27N5O2S. The summed E-state index contributed by atoms with van der Waals surface area (Å²) < 4.78 is 1.63. The van der Waals surface area contributed by atoms with E-state index in [0.29, 0.717) is 34.7 Å². The predicted molar refractivity (Wildman–Crippen MR) is 123 cm³/mol. The standard InChI is InChI=1S/C23H27N5O2S/c1-15(2)13-22(30)24-19-9-5-18(6-10-19)21(29)14-31-23-25-26-27-28(23)20-11-7-17(8-12-20)16(3)4/h5-12,15-16H,13-14H2,1-4H3,(H,24,30). The fourth-order valence-electron chi connectivity index (χ4n) is 2.97. The number of amides is 1. The van der Waals surface area contributed by atoms with Crippen molar-refractivity contribution in [1.29, 1.82) is 0 Å². The second kappa shape index (κ2) is 10.3. The van der Waals surface area contributed by atoms with Gasteiger partial charge in [-0.05, 0) is 64.2 Å². The Morgan fingerprint density at radius 1 is 1.00 bits per heavy atom. The Balaban J connectivity index is 1.60. The summed E-state index contributed by atoms with van der Waals surface area (Å²) in [5.41, 5.74) is 3.36. The first-order valence-electron chi connectivity index (χ1n) is 10.3. The number of nitrogens with one attached hydrogen (secondary N) is 1. The monoisotopic (exact) mass is 437 g/mol. The lowest BCUT2D eigenvalue weighted by molar-refractivity contribution is -0.116. The Labute approximate surface area is 186 Å². The van der Waals surface area contributed by atoms with Gasteiger partial charge in [0.2, 0.25) is 11.1 Å². The summed E-state index contributed by atoms with van der Waals surface area (Å²) in [7, 11) is 0. The van der Waals surface area contributed by atoms with Gasteiger partial charge in [0.05, 0.1) is 11.4 Å². The van der Waals surface area contributed by atoms with Crippen LogP contribution in [-0.4, -0.2) is 37.7 Å². The molecule has 0 aliphatic rings. The van der Waals surface area contributed by atoms with Crippen LogP contribution in [0.25, 0.3) is 5.69 Å². The fraction of sp³-hybridized carbons (Fsp3) is 0.348. The van der Waals surface area contributed by atoms with Crippen molar-refractivity contribution >= 4 is 29.1 Å². The van der Waals surface area contributed by atoms with Crippen molar-refractivity contribution in [2.24, 2.45) is 5.92 Å². The molecule has 1 amide bonds. The summed E-state index contributed by atoms with van der Waals surface area (Å²) in [5, 5.41) is 15.3. The van der Waals surface area contributed by atoms with Crippen molar-refractivity contribution in [2.45, 2.75) is 45.2 Å². The normalized spacial score (nSPS) is 11.2. The number of hydrogen-bond acceptors (Lipinski definition) is 6. The van der Waals surface area contributed by atoms with Crippen LogP contribution in [0.15, 0.2) is 53.7 Å². The second-order valence-corrected chi connectivity index (χ2v) is 9.00. The molecule has 8 heteroatoms. The first-order chi connectivity index (χ1) is 14.8. The molecule has 1 N–H and O–H groups in total. The molecule has 0 saturated carbocycles. The molecule has 162 valence electrons. The zero-order chi connectivity index (χ0) is 22.4. The molecule has 0 radical (unpaired) electrons. The molecule has 3 rings (SSSR count). The van der Waals surface area contributed by atoms with Gasteiger partial charge in [-0.3, -0.25) is 9.59 Å². The maximum Gasteiger partial charge on any atom is 0.224 e. The Morgan fingerprint density at radius 3 is 2.29 bits per heavy atom. The third-order valence-electron chi connectivity index (χ3n) is 4.66. The van der Waals surface area contributed by atoms with Crippen molar-refractivity contribution in [2.75, 3.05) is 11.1 Å². The van der Waals surface area contributed by atoms with Crippen molar-refractivity contribution in [1.82, 2.24) is 20.2 Å². The minimum Gasteiger partial charge on any atom is -0.326 e. The molecule has 0 aliphatic heterocycles. The average molecular weight is 438 g/mol. The molecule has 7 nitrogen and oxygen atoms in total. The van der Waals surface area contributed by atoms with E-state index in [2.05, 4.69) is 46.8 Å². The first-order valence-corrected chi connectivity index (χ1v) is 11.3. The number of Topliss-reactive ketones (excluding diaryl/α,β-unsaturated/α-hetero) is 1. The number of rotatable bonds is 9. The van der Waals surface area contributed by atoms with Crippen LogP contribution in [0.5, 0.6) is 0 Å². The van der Waals surface area contributed by atoms with E-state index >= 15 is 0 Å². The van der Waals surface area contributed by atoms with Gasteiger partial charge in [0.25, 0.3) is 0 Å². The number of carbonyl (C=O) groups excluding carboxylic acids is 2. The Morgan fingerprint density at radius 2 is 1.68 bits per heavy atom. The summed E-state index contributed by atoms with van der Waals surface area (Å²) in [6.07, 6.45) is 0.465. The lowest BCUT2D eigenvalue weighted by Crippen LogP contribution is -2.14. The van der Waals surface area contributed by atoms with Crippen LogP contribution in [0.3, 0.4) is 0 Å². The van der Waals surface area contributed by atoms with E-state index in [4.69, 9.17) is 0 Å². The molecule has 1 aromatic heterocycles. The Bertz CT molecular complexity index is 1030. The van der Waals surface area contributed by atoms with Crippen molar-refractivity contribution in [3.05, 3.63) is 59.7 Å². The summed E-state index contributed by atoms with van der Waals surface area (Å²) in [6.45, 7) is 8.28. The molecule has 0 aliphatic carbocycles. The van der Waals surface area contributed by atoms with Gasteiger partial charge in [0, 0.05) is 17.7 Å². The van der Waals surface area contributed by atoms with E-state index in [0.717, 1.165) is 5.69 Å². The number of thioether (sulfide) groups is 1. The summed E-state index contributed by atoms with van der Waals surface area (Å²) in [4.78, 5) is 24.5. The van der Waals surface area contributed by atoms with E-state index in [9.17, 15) is 9.59 Å².